The number of benzene rings is 2. The first-order chi connectivity index (χ1) is 16.2. The van der Waals surface area contributed by atoms with Crippen LogP contribution < -0.4 is 19.5 Å². The van der Waals surface area contributed by atoms with Crippen molar-refractivity contribution in [3.05, 3.63) is 52.0 Å². The summed E-state index contributed by atoms with van der Waals surface area (Å²) in [5.74, 6) is 0.889. The fraction of sp³-hybridized carbons (Fsp3) is 0.440. The molecule has 0 heterocycles. The Hall–Kier alpha value is -2.64. The van der Waals surface area contributed by atoms with Crippen LogP contribution in [0.4, 0.5) is 0 Å². The van der Waals surface area contributed by atoms with Gasteiger partial charge in [0.15, 0.2) is 6.61 Å². The van der Waals surface area contributed by atoms with Crippen molar-refractivity contribution in [2.75, 3.05) is 20.8 Å². The second kappa shape index (κ2) is 13.3. The summed E-state index contributed by atoms with van der Waals surface area (Å²) >= 11 is 12.4. The van der Waals surface area contributed by atoms with Crippen molar-refractivity contribution in [3.63, 3.8) is 0 Å². The van der Waals surface area contributed by atoms with Crippen LogP contribution in [0, 0.1) is 0 Å². The molecule has 0 aromatic heterocycles. The van der Waals surface area contributed by atoms with Crippen LogP contribution in [-0.4, -0.2) is 49.6 Å². The zero-order chi connectivity index (χ0) is 25.3. The number of halogens is 2. The topological polar surface area (TPSA) is 77.1 Å². The van der Waals surface area contributed by atoms with E-state index in [4.69, 9.17) is 37.4 Å². The number of amides is 2. The summed E-state index contributed by atoms with van der Waals surface area (Å²) in [7, 11) is 3.06. The van der Waals surface area contributed by atoms with E-state index in [-0.39, 0.29) is 31.0 Å². The quantitative estimate of drug-likeness (QED) is 0.429. The van der Waals surface area contributed by atoms with Crippen LogP contribution >= 0.6 is 23.2 Å². The maximum absolute atomic E-state index is 13.4. The van der Waals surface area contributed by atoms with Crippen molar-refractivity contribution in [1.29, 1.82) is 0 Å². The van der Waals surface area contributed by atoms with Gasteiger partial charge in [0.25, 0.3) is 5.91 Å². The lowest BCUT2D eigenvalue weighted by atomic mass is 10.1. The number of rotatable bonds is 12. The van der Waals surface area contributed by atoms with Crippen LogP contribution in [-0.2, 0) is 16.1 Å². The smallest absolute Gasteiger partial charge is 0.261 e. The van der Waals surface area contributed by atoms with Gasteiger partial charge in [-0.25, -0.2) is 0 Å². The molecule has 1 N–H and O–H groups in total. The number of nitrogens with one attached hydrogen (secondary N) is 1. The van der Waals surface area contributed by atoms with Gasteiger partial charge in [-0.3, -0.25) is 9.59 Å². The number of nitrogens with zero attached hydrogens (tertiary/aromatic N) is 1. The minimum Gasteiger partial charge on any atom is -0.496 e. The van der Waals surface area contributed by atoms with Gasteiger partial charge in [-0.15, -0.1) is 0 Å². The van der Waals surface area contributed by atoms with Gasteiger partial charge >= 0.3 is 0 Å². The number of hydrogen-bond donors (Lipinski definition) is 1. The second-order valence-electron chi connectivity index (χ2n) is 7.84. The highest BCUT2D eigenvalue weighted by atomic mass is 35.5. The first kappa shape index (κ1) is 27.6. The van der Waals surface area contributed by atoms with E-state index in [0.29, 0.717) is 39.3 Å². The molecule has 2 aromatic rings. The highest BCUT2D eigenvalue weighted by molar-refractivity contribution is 6.35. The number of hydrogen-bond acceptors (Lipinski definition) is 5. The number of carbonyl (C=O) groups excluding carboxylic acids is 2. The molecule has 7 nitrogen and oxygen atoms in total. The molecule has 2 amide bonds. The van der Waals surface area contributed by atoms with Crippen molar-refractivity contribution in [2.24, 2.45) is 0 Å². The molecule has 9 heteroatoms. The summed E-state index contributed by atoms with van der Waals surface area (Å²) in [4.78, 5) is 27.9. The fourth-order valence-electron chi connectivity index (χ4n) is 3.29. The number of methoxy groups -OCH3 is 2. The van der Waals surface area contributed by atoms with Gasteiger partial charge in [-0.2, -0.15) is 0 Å². The van der Waals surface area contributed by atoms with Crippen LogP contribution in [0.5, 0.6) is 17.2 Å². The molecule has 0 aliphatic heterocycles. The van der Waals surface area contributed by atoms with Crippen molar-refractivity contribution in [2.45, 2.75) is 52.2 Å². The zero-order valence-electron chi connectivity index (χ0n) is 20.2. The molecule has 0 aliphatic rings. The lowest BCUT2D eigenvalue weighted by Crippen LogP contribution is -2.51. The Morgan fingerprint density at radius 3 is 2.12 bits per heavy atom. The minimum atomic E-state index is -0.698. The van der Waals surface area contributed by atoms with Crippen LogP contribution in [0.2, 0.25) is 10.0 Å². The molecule has 2 aromatic carbocycles. The van der Waals surface area contributed by atoms with E-state index >= 15 is 0 Å². The predicted molar refractivity (Wildman–Crippen MR) is 134 cm³/mol. The summed E-state index contributed by atoms with van der Waals surface area (Å²) in [5, 5.41) is 3.88. The Bertz CT molecular complexity index is 964. The minimum absolute atomic E-state index is 0.0156. The molecule has 0 radical (unpaired) electrons. The largest absolute Gasteiger partial charge is 0.496 e. The Morgan fingerprint density at radius 2 is 1.59 bits per heavy atom. The van der Waals surface area contributed by atoms with Crippen molar-refractivity contribution >= 4 is 35.0 Å². The maximum Gasteiger partial charge on any atom is 0.261 e. The molecular formula is C25H32Cl2N2O5. The first-order valence-electron chi connectivity index (χ1n) is 11.1. The van der Waals surface area contributed by atoms with Crippen molar-refractivity contribution in [3.8, 4) is 17.2 Å². The third-order valence-electron chi connectivity index (χ3n) is 5.43. The van der Waals surface area contributed by atoms with Crippen molar-refractivity contribution < 1.29 is 23.8 Å². The van der Waals surface area contributed by atoms with E-state index in [0.717, 1.165) is 6.42 Å². The van der Waals surface area contributed by atoms with Gasteiger partial charge in [0.05, 0.1) is 14.2 Å². The molecule has 0 saturated heterocycles. The summed E-state index contributed by atoms with van der Waals surface area (Å²) in [6.07, 6.45) is 1.20. The van der Waals surface area contributed by atoms with Crippen LogP contribution in [0.3, 0.4) is 0 Å². The normalized spacial score (nSPS) is 12.4. The molecule has 0 unspecified atom stereocenters. The molecular weight excluding hydrogens is 479 g/mol. The van der Waals surface area contributed by atoms with Gasteiger partial charge < -0.3 is 24.4 Å². The summed E-state index contributed by atoms with van der Waals surface area (Å²) in [6, 6.07) is 9.36. The molecule has 34 heavy (non-hydrogen) atoms. The molecule has 0 aliphatic carbocycles. The van der Waals surface area contributed by atoms with E-state index in [1.165, 1.54) is 19.1 Å². The van der Waals surface area contributed by atoms with Gasteiger partial charge in [-0.1, -0.05) is 43.1 Å². The Kier molecular flexibility index (Phi) is 10.8. The maximum atomic E-state index is 13.4. The third-order valence-corrected chi connectivity index (χ3v) is 6.02. The highest BCUT2D eigenvalue weighted by Crippen LogP contribution is 2.28. The van der Waals surface area contributed by atoms with E-state index in [1.807, 2.05) is 20.8 Å². The third kappa shape index (κ3) is 7.71. The Morgan fingerprint density at radius 1 is 0.971 bits per heavy atom. The molecule has 0 saturated carbocycles. The van der Waals surface area contributed by atoms with E-state index < -0.39 is 6.04 Å². The lowest BCUT2D eigenvalue weighted by Gasteiger charge is -2.31. The fourth-order valence-corrected chi connectivity index (χ4v) is 3.75. The molecule has 2 rings (SSSR count). The average molecular weight is 511 g/mol. The summed E-state index contributed by atoms with van der Waals surface area (Å²) < 4.78 is 16.3. The van der Waals surface area contributed by atoms with Gasteiger partial charge in [-0.05, 0) is 37.5 Å². The predicted octanol–water partition coefficient (Wildman–Crippen LogP) is 5.11. The lowest BCUT2D eigenvalue weighted by molar-refractivity contribution is -0.143. The summed E-state index contributed by atoms with van der Waals surface area (Å²) in [6.45, 7) is 5.61. The Labute approximate surface area is 211 Å². The van der Waals surface area contributed by atoms with E-state index in [9.17, 15) is 9.59 Å². The van der Waals surface area contributed by atoms with E-state index in [2.05, 4.69) is 5.32 Å². The molecule has 0 spiro atoms. The van der Waals surface area contributed by atoms with Crippen LogP contribution in [0.25, 0.3) is 0 Å². The van der Waals surface area contributed by atoms with Crippen LogP contribution in [0.1, 0.15) is 39.2 Å². The molecule has 0 bridgehead atoms. The first-order valence-corrected chi connectivity index (χ1v) is 11.9. The monoisotopic (exact) mass is 510 g/mol. The second-order valence-corrected chi connectivity index (χ2v) is 8.68. The van der Waals surface area contributed by atoms with E-state index in [1.54, 1.807) is 36.4 Å². The van der Waals surface area contributed by atoms with Gasteiger partial charge in [0.2, 0.25) is 5.91 Å². The number of carbonyl (C=O) groups is 2. The average Bonchev–Trinajstić information content (AvgIpc) is 2.83. The summed E-state index contributed by atoms with van der Waals surface area (Å²) in [5.41, 5.74) is 0.678. The van der Waals surface area contributed by atoms with Crippen molar-refractivity contribution in [1.82, 2.24) is 10.2 Å². The molecule has 0 fully saturated rings. The molecule has 2 atom stereocenters. The van der Waals surface area contributed by atoms with Gasteiger partial charge in [0, 0.05) is 40.8 Å². The Balaban J connectivity index is 2.29. The van der Waals surface area contributed by atoms with Crippen LogP contribution in [0.15, 0.2) is 36.4 Å². The standard InChI is InChI=1S/C25H32Cl2N2O5/c1-6-16(3)28-25(31)23(7-2)29(14-17-8-9-18(26)10-22(17)27)24(30)15-34-21-12-19(32-4)11-20(13-21)33-5/h8-13,16,23H,6-7,14-15H2,1-5H3,(H,28,31)/t16-,23+/m1/s1. The number of ether oxygens (including phenoxy) is 3. The van der Waals surface area contributed by atoms with Gasteiger partial charge in [0.1, 0.15) is 23.3 Å². The SMILES string of the molecule is CC[C@@H](C)NC(=O)[C@H](CC)N(Cc1ccc(Cl)cc1Cl)C(=O)COc1cc(OC)cc(OC)c1. The zero-order valence-corrected chi connectivity index (χ0v) is 21.7. The molecule has 186 valence electrons. The highest BCUT2D eigenvalue weighted by Gasteiger charge is 2.30.